The summed E-state index contributed by atoms with van der Waals surface area (Å²) < 4.78 is 0. The minimum absolute atomic E-state index is 0.0799. The fourth-order valence-electron chi connectivity index (χ4n) is 3.02. The number of nitrogens with one attached hydrogen (secondary N) is 1. The molecule has 142 valence electrons. The highest BCUT2D eigenvalue weighted by molar-refractivity contribution is 6.31. The number of imidazole rings is 1. The molecular formula is C23H17ClN4O. The van der Waals surface area contributed by atoms with Crippen LogP contribution in [-0.4, -0.2) is 20.7 Å². The number of rotatable bonds is 4. The molecule has 0 aliphatic carbocycles. The summed E-state index contributed by atoms with van der Waals surface area (Å²) >= 11 is 6.12. The van der Waals surface area contributed by atoms with E-state index in [-0.39, 0.29) is 5.78 Å². The molecule has 0 aliphatic rings. The Morgan fingerprint density at radius 1 is 1.10 bits per heavy atom. The lowest BCUT2D eigenvalue weighted by atomic mass is 10.0. The fraction of sp³-hybridized carbons (Fsp3) is 0.0870. The monoisotopic (exact) mass is 400 g/mol. The van der Waals surface area contributed by atoms with Crippen LogP contribution in [0.3, 0.4) is 0 Å². The number of Topliss-reactive ketones (excluding diaryl/α,β-unsaturated/α-hetero) is 1. The van der Waals surface area contributed by atoms with Crippen molar-refractivity contribution in [1.82, 2.24) is 15.0 Å². The number of fused-ring (bicyclic) bond motifs is 1. The lowest BCUT2D eigenvalue weighted by Gasteiger charge is -2.04. The summed E-state index contributed by atoms with van der Waals surface area (Å²) in [5.74, 6) is 6.63. The van der Waals surface area contributed by atoms with E-state index in [1.807, 2.05) is 24.3 Å². The highest BCUT2D eigenvalue weighted by atomic mass is 35.5. The third-order valence-electron chi connectivity index (χ3n) is 4.60. The smallest absolute Gasteiger partial charge is 0.163 e. The van der Waals surface area contributed by atoms with Gasteiger partial charge in [0.25, 0.3) is 0 Å². The second-order valence-corrected chi connectivity index (χ2v) is 7.01. The first-order valence-electron chi connectivity index (χ1n) is 9.06. The minimum atomic E-state index is 0.0799. The van der Waals surface area contributed by atoms with Crippen molar-refractivity contribution in [3.63, 3.8) is 0 Å². The zero-order valence-electron chi connectivity index (χ0n) is 15.4. The minimum Gasteiger partial charge on any atom is -0.383 e. The van der Waals surface area contributed by atoms with Crippen LogP contribution in [0.2, 0.25) is 5.02 Å². The summed E-state index contributed by atoms with van der Waals surface area (Å²) in [6.07, 6.45) is 6.10. The van der Waals surface area contributed by atoms with E-state index >= 15 is 0 Å². The van der Waals surface area contributed by atoms with E-state index in [9.17, 15) is 4.79 Å². The Labute approximate surface area is 173 Å². The van der Waals surface area contributed by atoms with Crippen molar-refractivity contribution < 1.29 is 4.79 Å². The van der Waals surface area contributed by atoms with Crippen molar-refractivity contribution in [2.24, 2.45) is 0 Å². The first kappa shape index (κ1) is 18.7. The Hall–Kier alpha value is -3.62. The number of nitrogens with zero attached hydrogens (tertiary/aromatic N) is 2. The van der Waals surface area contributed by atoms with E-state index in [4.69, 9.17) is 17.3 Å². The van der Waals surface area contributed by atoms with E-state index in [0.717, 1.165) is 22.0 Å². The molecule has 5 nitrogen and oxygen atoms in total. The largest absolute Gasteiger partial charge is 0.383 e. The van der Waals surface area contributed by atoms with Crippen LogP contribution in [-0.2, 0) is 6.42 Å². The van der Waals surface area contributed by atoms with Gasteiger partial charge in [0.05, 0.1) is 11.9 Å². The number of benzene rings is 2. The number of aryl methyl sites for hydroxylation is 1. The van der Waals surface area contributed by atoms with E-state index in [1.165, 1.54) is 0 Å². The molecule has 0 saturated carbocycles. The average Bonchev–Trinajstić information content (AvgIpc) is 3.25. The molecule has 0 radical (unpaired) electrons. The zero-order valence-corrected chi connectivity index (χ0v) is 16.2. The number of nitrogen functional groups attached to an aromatic ring is 1. The maximum atomic E-state index is 12.3. The van der Waals surface area contributed by atoms with Gasteiger partial charge in [-0.15, -0.1) is 0 Å². The van der Waals surface area contributed by atoms with E-state index in [2.05, 4.69) is 26.8 Å². The molecule has 0 bridgehead atoms. The van der Waals surface area contributed by atoms with Gasteiger partial charge in [0.1, 0.15) is 5.82 Å². The van der Waals surface area contributed by atoms with E-state index in [1.54, 1.807) is 36.9 Å². The predicted molar refractivity (Wildman–Crippen MR) is 115 cm³/mol. The number of nitrogens with two attached hydrogens (primary N) is 1. The number of H-pyrrole nitrogens is 1. The fourth-order valence-corrected chi connectivity index (χ4v) is 3.19. The average molecular weight is 401 g/mol. The number of pyridine rings is 1. The number of ketones is 1. The highest BCUT2D eigenvalue weighted by Gasteiger charge is 2.07. The van der Waals surface area contributed by atoms with Gasteiger partial charge >= 0.3 is 0 Å². The molecule has 2 heterocycles. The Balaban J connectivity index is 1.54. The Morgan fingerprint density at radius 2 is 1.93 bits per heavy atom. The zero-order chi connectivity index (χ0) is 20.2. The summed E-state index contributed by atoms with van der Waals surface area (Å²) in [4.78, 5) is 23.5. The first-order valence-corrected chi connectivity index (χ1v) is 9.44. The van der Waals surface area contributed by atoms with Crippen LogP contribution in [0.4, 0.5) is 5.82 Å². The van der Waals surface area contributed by atoms with Gasteiger partial charge in [0, 0.05) is 51.4 Å². The number of carbonyl (C=O) groups is 1. The van der Waals surface area contributed by atoms with Gasteiger partial charge in [-0.05, 0) is 30.7 Å². The summed E-state index contributed by atoms with van der Waals surface area (Å²) in [5, 5.41) is 2.40. The van der Waals surface area contributed by atoms with Crippen molar-refractivity contribution in [3.05, 3.63) is 88.6 Å². The van der Waals surface area contributed by atoms with E-state index < -0.39 is 0 Å². The second kappa shape index (κ2) is 8.17. The van der Waals surface area contributed by atoms with Crippen molar-refractivity contribution in [2.75, 3.05) is 5.73 Å². The van der Waals surface area contributed by atoms with Gasteiger partial charge in [-0.3, -0.25) is 4.79 Å². The molecular weight excluding hydrogens is 384 g/mol. The van der Waals surface area contributed by atoms with Crippen molar-refractivity contribution in [2.45, 2.75) is 12.8 Å². The number of carbonyl (C=O) groups excluding carboxylic acids is 1. The SMILES string of the molecule is Nc1ncc2ccc(Cl)cc2c1C#Cc1ccc(C(=O)CCc2cnc[nH]2)cc1. The standard InChI is InChI=1S/C23H17ClN4O/c24-18-7-6-17-12-27-23(25)20(21(17)11-18)9-3-15-1-4-16(5-2-15)22(29)10-8-19-13-26-14-28-19/h1-2,4-7,11-14H,8,10H2,(H2,25,27)(H,26,28). The topological polar surface area (TPSA) is 84.7 Å². The summed E-state index contributed by atoms with van der Waals surface area (Å²) in [7, 11) is 0. The van der Waals surface area contributed by atoms with Gasteiger partial charge in [0.2, 0.25) is 0 Å². The van der Waals surface area contributed by atoms with Crippen LogP contribution < -0.4 is 5.73 Å². The molecule has 0 fully saturated rings. The van der Waals surface area contributed by atoms with Crippen LogP contribution in [0.15, 0.2) is 61.2 Å². The molecule has 0 unspecified atom stereocenters. The number of anilines is 1. The molecule has 0 saturated heterocycles. The maximum absolute atomic E-state index is 12.3. The lowest BCUT2D eigenvalue weighted by Crippen LogP contribution is -2.01. The van der Waals surface area contributed by atoms with Gasteiger partial charge in [0.15, 0.2) is 5.78 Å². The highest BCUT2D eigenvalue weighted by Crippen LogP contribution is 2.24. The van der Waals surface area contributed by atoms with Crippen molar-refractivity contribution in [3.8, 4) is 11.8 Å². The van der Waals surface area contributed by atoms with Crippen LogP contribution in [0, 0.1) is 11.8 Å². The molecule has 0 spiro atoms. The molecule has 0 amide bonds. The Kier molecular flexibility index (Phi) is 5.28. The number of hydrogen-bond acceptors (Lipinski definition) is 4. The van der Waals surface area contributed by atoms with Gasteiger partial charge in [-0.2, -0.15) is 0 Å². The molecule has 4 rings (SSSR count). The van der Waals surface area contributed by atoms with Crippen molar-refractivity contribution in [1.29, 1.82) is 0 Å². The number of hydrogen-bond donors (Lipinski definition) is 2. The Morgan fingerprint density at radius 3 is 2.69 bits per heavy atom. The molecule has 0 atom stereocenters. The molecule has 3 N–H and O–H groups in total. The predicted octanol–water partition coefficient (Wildman–Crippen LogP) is 4.41. The van der Waals surface area contributed by atoms with Gasteiger partial charge in [-0.1, -0.05) is 41.6 Å². The summed E-state index contributed by atoms with van der Waals surface area (Å²) in [6, 6.07) is 12.8. The third-order valence-corrected chi connectivity index (χ3v) is 4.83. The molecule has 4 aromatic rings. The molecule has 2 aromatic carbocycles. The maximum Gasteiger partial charge on any atom is 0.163 e. The van der Waals surface area contributed by atoms with Crippen LogP contribution in [0.25, 0.3) is 10.8 Å². The van der Waals surface area contributed by atoms with Crippen LogP contribution in [0.5, 0.6) is 0 Å². The molecule has 29 heavy (non-hydrogen) atoms. The van der Waals surface area contributed by atoms with Gasteiger partial charge in [-0.25, -0.2) is 9.97 Å². The number of aromatic amines is 1. The lowest BCUT2D eigenvalue weighted by molar-refractivity contribution is 0.0982. The second-order valence-electron chi connectivity index (χ2n) is 6.58. The van der Waals surface area contributed by atoms with E-state index in [0.29, 0.717) is 34.8 Å². The van der Waals surface area contributed by atoms with Crippen LogP contribution in [0.1, 0.15) is 33.6 Å². The number of aromatic nitrogens is 3. The summed E-state index contributed by atoms with van der Waals surface area (Å²) in [6.45, 7) is 0. The van der Waals surface area contributed by atoms with Gasteiger partial charge < -0.3 is 10.7 Å². The normalized spacial score (nSPS) is 10.5. The first-order chi connectivity index (χ1) is 14.1. The quantitative estimate of drug-likeness (QED) is 0.392. The summed E-state index contributed by atoms with van der Waals surface area (Å²) in [5.41, 5.74) is 9.07. The Bertz CT molecular complexity index is 1230. The third kappa shape index (κ3) is 4.29. The molecule has 2 aromatic heterocycles. The number of halogens is 1. The molecule has 0 aliphatic heterocycles. The van der Waals surface area contributed by atoms with Crippen LogP contribution >= 0.6 is 11.6 Å². The molecule has 6 heteroatoms. The van der Waals surface area contributed by atoms with Crippen molar-refractivity contribution >= 4 is 34.0 Å².